The van der Waals surface area contributed by atoms with Crippen molar-refractivity contribution in [2.24, 2.45) is 0 Å². The van der Waals surface area contributed by atoms with E-state index in [2.05, 4.69) is 21.2 Å². The second-order valence-electron chi connectivity index (χ2n) is 4.95. The molecule has 0 radical (unpaired) electrons. The third kappa shape index (κ3) is 4.48. The standard InChI is InChI=1S/C18H20BrNO3/c1-4-22-16-9-6-13(11-17(16)23-5-2)18(21)20-14-7-8-15(19)12(3)10-14/h6-11H,4-5H2,1-3H3,(H,20,21). The molecule has 2 aromatic carbocycles. The lowest BCUT2D eigenvalue weighted by Crippen LogP contribution is -2.12. The fraction of sp³-hybridized carbons (Fsp3) is 0.278. The Balaban J connectivity index is 2.21. The van der Waals surface area contributed by atoms with Crippen LogP contribution in [0.2, 0.25) is 0 Å². The first-order valence-electron chi connectivity index (χ1n) is 7.52. The van der Waals surface area contributed by atoms with E-state index in [9.17, 15) is 4.79 Å². The van der Waals surface area contributed by atoms with E-state index in [0.717, 1.165) is 15.7 Å². The minimum atomic E-state index is -0.185. The predicted octanol–water partition coefficient (Wildman–Crippen LogP) is 4.81. The minimum absolute atomic E-state index is 0.185. The van der Waals surface area contributed by atoms with E-state index >= 15 is 0 Å². The highest BCUT2D eigenvalue weighted by Crippen LogP contribution is 2.29. The summed E-state index contributed by atoms with van der Waals surface area (Å²) in [5.74, 6) is 1.04. The monoisotopic (exact) mass is 377 g/mol. The molecule has 0 fully saturated rings. The minimum Gasteiger partial charge on any atom is -0.490 e. The fourth-order valence-electron chi connectivity index (χ4n) is 2.12. The topological polar surface area (TPSA) is 47.6 Å². The van der Waals surface area contributed by atoms with Gasteiger partial charge in [-0.25, -0.2) is 0 Å². The van der Waals surface area contributed by atoms with E-state index in [4.69, 9.17) is 9.47 Å². The Morgan fingerprint density at radius 3 is 2.39 bits per heavy atom. The molecular weight excluding hydrogens is 358 g/mol. The van der Waals surface area contributed by atoms with Gasteiger partial charge in [0.1, 0.15) is 0 Å². The maximum Gasteiger partial charge on any atom is 0.255 e. The Bertz CT molecular complexity index is 701. The van der Waals surface area contributed by atoms with Crippen molar-refractivity contribution in [3.8, 4) is 11.5 Å². The number of amides is 1. The normalized spacial score (nSPS) is 10.3. The highest BCUT2D eigenvalue weighted by molar-refractivity contribution is 9.10. The van der Waals surface area contributed by atoms with Crippen LogP contribution in [-0.4, -0.2) is 19.1 Å². The summed E-state index contributed by atoms with van der Waals surface area (Å²) in [5, 5.41) is 2.89. The summed E-state index contributed by atoms with van der Waals surface area (Å²) in [4.78, 5) is 12.4. The number of aryl methyl sites for hydroxylation is 1. The predicted molar refractivity (Wildman–Crippen MR) is 95.6 cm³/mol. The average molecular weight is 378 g/mol. The smallest absolute Gasteiger partial charge is 0.255 e. The van der Waals surface area contributed by atoms with Gasteiger partial charge in [-0.2, -0.15) is 0 Å². The van der Waals surface area contributed by atoms with E-state index in [-0.39, 0.29) is 5.91 Å². The molecule has 0 bridgehead atoms. The molecule has 1 N–H and O–H groups in total. The molecule has 5 heteroatoms. The third-order valence-corrected chi connectivity index (χ3v) is 4.11. The molecule has 0 saturated carbocycles. The van der Waals surface area contributed by atoms with Gasteiger partial charge in [0, 0.05) is 15.7 Å². The molecule has 0 aliphatic heterocycles. The quantitative estimate of drug-likeness (QED) is 0.785. The van der Waals surface area contributed by atoms with Crippen molar-refractivity contribution >= 4 is 27.5 Å². The SMILES string of the molecule is CCOc1ccc(C(=O)Nc2ccc(Br)c(C)c2)cc1OCC. The van der Waals surface area contributed by atoms with Crippen molar-refractivity contribution in [1.82, 2.24) is 0 Å². The molecule has 0 unspecified atom stereocenters. The molecule has 23 heavy (non-hydrogen) atoms. The summed E-state index contributed by atoms with van der Waals surface area (Å²) in [6.45, 7) is 6.84. The Morgan fingerprint density at radius 2 is 1.74 bits per heavy atom. The van der Waals surface area contributed by atoms with Gasteiger partial charge in [-0.3, -0.25) is 4.79 Å². The number of benzene rings is 2. The van der Waals surface area contributed by atoms with Gasteiger partial charge < -0.3 is 14.8 Å². The molecule has 4 nitrogen and oxygen atoms in total. The Morgan fingerprint density at radius 1 is 1.04 bits per heavy atom. The third-order valence-electron chi connectivity index (χ3n) is 3.22. The number of carbonyl (C=O) groups excluding carboxylic acids is 1. The van der Waals surface area contributed by atoms with Crippen molar-refractivity contribution in [1.29, 1.82) is 0 Å². The lowest BCUT2D eigenvalue weighted by atomic mass is 10.1. The Kier molecular flexibility index (Phi) is 6.04. The maximum atomic E-state index is 12.4. The van der Waals surface area contributed by atoms with Crippen LogP contribution >= 0.6 is 15.9 Å². The number of halogens is 1. The van der Waals surface area contributed by atoms with Gasteiger partial charge in [-0.15, -0.1) is 0 Å². The molecule has 0 aliphatic carbocycles. The van der Waals surface area contributed by atoms with Gasteiger partial charge in [-0.1, -0.05) is 15.9 Å². The van der Waals surface area contributed by atoms with E-state index in [1.807, 2.05) is 39.0 Å². The van der Waals surface area contributed by atoms with Gasteiger partial charge in [0.25, 0.3) is 5.91 Å². The molecule has 0 aromatic heterocycles. The molecule has 1 amide bonds. The zero-order valence-electron chi connectivity index (χ0n) is 13.5. The van der Waals surface area contributed by atoms with Crippen LogP contribution in [0.3, 0.4) is 0 Å². The first-order chi connectivity index (χ1) is 11.0. The molecule has 2 aromatic rings. The largest absolute Gasteiger partial charge is 0.490 e. The summed E-state index contributed by atoms with van der Waals surface area (Å²) in [6.07, 6.45) is 0. The summed E-state index contributed by atoms with van der Waals surface area (Å²) >= 11 is 3.45. The highest BCUT2D eigenvalue weighted by Gasteiger charge is 2.12. The summed E-state index contributed by atoms with van der Waals surface area (Å²) in [6, 6.07) is 10.9. The van der Waals surface area contributed by atoms with E-state index in [1.165, 1.54) is 0 Å². The molecule has 0 saturated heterocycles. The van der Waals surface area contributed by atoms with E-state index in [0.29, 0.717) is 30.3 Å². The average Bonchev–Trinajstić information content (AvgIpc) is 2.53. The summed E-state index contributed by atoms with van der Waals surface area (Å²) < 4.78 is 12.1. The lowest BCUT2D eigenvalue weighted by molar-refractivity contribution is 0.102. The van der Waals surface area contributed by atoms with Crippen LogP contribution in [-0.2, 0) is 0 Å². The molecular formula is C18H20BrNO3. The molecule has 2 rings (SSSR count). The number of ether oxygens (including phenoxy) is 2. The lowest BCUT2D eigenvalue weighted by Gasteiger charge is -2.13. The van der Waals surface area contributed by atoms with Gasteiger partial charge in [0.15, 0.2) is 11.5 Å². The van der Waals surface area contributed by atoms with Gasteiger partial charge in [0.2, 0.25) is 0 Å². The first-order valence-corrected chi connectivity index (χ1v) is 8.31. The Labute approximate surface area is 144 Å². The van der Waals surface area contributed by atoms with Crippen molar-refractivity contribution in [2.75, 3.05) is 18.5 Å². The zero-order chi connectivity index (χ0) is 16.8. The fourth-order valence-corrected chi connectivity index (χ4v) is 2.36. The molecule has 122 valence electrons. The molecule has 0 heterocycles. The van der Waals surface area contributed by atoms with Gasteiger partial charge in [0.05, 0.1) is 13.2 Å². The van der Waals surface area contributed by atoms with Crippen LogP contribution in [0.25, 0.3) is 0 Å². The molecule has 0 spiro atoms. The van der Waals surface area contributed by atoms with Gasteiger partial charge in [-0.05, 0) is 62.7 Å². The number of hydrogen-bond donors (Lipinski definition) is 1. The van der Waals surface area contributed by atoms with E-state index in [1.54, 1.807) is 18.2 Å². The number of carbonyl (C=O) groups is 1. The van der Waals surface area contributed by atoms with Crippen molar-refractivity contribution in [3.05, 3.63) is 52.0 Å². The van der Waals surface area contributed by atoms with Crippen molar-refractivity contribution < 1.29 is 14.3 Å². The summed E-state index contributed by atoms with van der Waals surface area (Å²) in [7, 11) is 0. The van der Waals surface area contributed by atoms with Crippen LogP contribution in [0.4, 0.5) is 5.69 Å². The second-order valence-corrected chi connectivity index (χ2v) is 5.80. The summed E-state index contributed by atoms with van der Waals surface area (Å²) in [5.41, 5.74) is 2.34. The maximum absolute atomic E-state index is 12.4. The van der Waals surface area contributed by atoms with Crippen LogP contribution in [0.15, 0.2) is 40.9 Å². The second kappa shape index (κ2) is 8.02. The Hall–Kier alpha value is -2.01. The number of nitrogens with one attached hydrogen (secondary N) is 1. The highest BCUT2D eigenvalue weighted by atomic mass is 79.9. The van der Waals surface area contributed by atoms with Crippen molar-refractivity contribution in [3.63, 3.8) is 0 Å². The van der Waals surface area contributed by atoms with Crippen LogP contribution < -0.4 is 14.8 Å². The number of anilines is 1. The van der Waals surface area contributed by atoms with E-state index < -0.39 is 0 Å². The first kappa shape index (κ1) is 17.3. The number of hydrogen-bond acceptors (Lipinski definition) is 3. The van der Waals surface area contributed by atoms with Crippen LogP contribution in [0.1, 0.15) is 29.8 Å². The van der Waals surface area contributed by atoms with Crippen LogP contribution in [0.5, 0.6) is 11.5 Å². The zero-order valence-corrected chi connectivity index (χ0v) is 15.1. The number of rotatable bonds is 6. The molecule has 0 atom stereocenters. The van der Waals surface area contributed by atoms with Gasteiger partial charge >= 0.3 is 0 Å². The molecule has 0 aliphatic rings. The van der Waals surface area contributed by atoms with Crippen LogP contribution in [0, 0.1) is 6.92 Å². The van der Waals surface area contributed by atoms with Crippen molar-refractivity contribution in [2.45, 2.75) is 20.8 Å².